The van der Waals surface area contributed by atoms with Gasteiger partial charge in [0.15, 0.2) is 0 Å². The number of halogens is 3. The number of alkyl halides is 3. The molecule has 0 heterocycles. The molecule has 0 bridgehead atoms. The third kappa shape index (κ3) is 0.948. The SMILES string of the molecule is BCC1(C(F)(F)F)CC1. The summed E-state index contributed by atoms with van der Waals surface area (Å²) in [6.07, 6.45) is -3.02. The van der Waals surface area contributed by atoms with Crippen molar-refractivity contribution in [1.82, 2.24) is 0 Å². The summed E-state index contributed by atoms with van der Waals surface area (Å²) in [4.78, 5) is 0. The Morgan fingerprint density at radius 1 is 1.33 bits per heavy atom. The summed E-state index contributed by atoms with van der Waals surface area (Å²) >= 11 is 0. The van der Waals surface area contributed by atoms with Crippen molar-refractivity contribution in [2.45, 2.75) is 25.3 Å². The average molecular weight is 136 g/mol. The Morgan fingerprint density at radius 2 is 1.78 bits per heavy atom. The van der Waals surface area contributed by atoms with E-state index in [0.29, 0.717) is 12.8 Å². The molecule has 0 amide bonds. The van der Waals surface area contributed by atoms with Crippen LogP contribution >= 0.6 is 0 Å². The van der Waals surface area contributed by atoms with E-state index < -0.39 is 11.6 Å². The van der Waals surface area contributed by atoms with Gasteiger partial charge in [0.25, 0.3) is 0 Å². The van der Waals surface area contributed by atoms with Crippen molar-refractivity contribution in [3.8, 4) is 0 Å². The summed E-state index contributed by atoms with van der Waals surface area (Å²) in [5.41, 5.74) is -1.27. The lowest BCUT2D eigenvalue weighted by Crippen LogP contribution is -2.23. The van der Waals surface area contributed by atoms with E-state index in [9.17, 15) is 13.2 Å². The molecule has 9 heavy (non-hydrogen) atoms. The van der Waals surface area contributed by atoms with Crippen molar-refractivity contribution in [3.05, 3.63) is 0 Å². The maximum absolute atomic E-state index is 11.9. The molecule has 1 aliphatic rings. The molecule has 1 aliphatic carbocycles. The highest BCUT2D eigenvalue weighted by Crippen LogP contribution is 2.59. The minimum absolute atomic E-state index is 0.247. The zero-order chi connectivity index (χ0) is 7.12. The van der Waals surface area contributed by atoms with Gasteiger partial charge in [0.05, 0.1) is 5.41 Å². The quantitative estimate of drug-likeness (QED) is 0.477. The second-order valence-electron chi connectivity index (χ2n) is 2.63. The van der Waals surface area contributed by atoms with Gasteiger partial charge in [-0.15, -0.1) is 0 Å². The van der Waals surface area contributed by atoms with E-state index in [2.05, 4.69) is 0 Å². The van der Waals surface area contributed by atoms with Crippen LogP contribution in [0.1, 0.15) is 12.8 Å². The summed E-state index contributed by atoms with van der Waals surface area (Å²) in [5.74, 6) is 0. The normalized spacial score (nSPS) is 23.9. The molecule has 1 fully saturated rings. The Labute approximate surface area is 52.8 Å². The molecule has 0 unspecified atom stereocenters. The number of rotatable bonds is 1. The predicted molar refractivity (Wildman–Crippen MR) is 31.1 cm³/mol. The smallest absolute Gasteiger partial charge is 0.171 e. The molecule has 4 heteroatoms. The first-order valence-corrected chi connectivity index (χ1v) is 3.08. The zero-order valence-electron chi connectivity index (χ0n) is 5.26. The molecule has 1 rings (SSSR count). The Kier molecular flexibility index (Phi) is 1.29. The van der Waals surface area contributed by atoms with Gasteiger partial charge in [0.2, 0.25) is 0 Å². The topological polar surface area (TPSA) is 0 Å². The monoisotopic (exact) mass is 136 g/mol. The van der Waals surface area contributed by atoms with Gasteiger partial charge in [-0.25, -0.2) is 0 Å². The van der Waals surface area contributed by atoms with E-state index in [0.717, 1.165) is 0 Å². The molecule has 0 nitrogen and oxygen atoms in total. The van der Waals surface area contributed by atoms with Gasteiger partial charge in [-0.2, -0.15) is 13.2 Å². The predicted octanol–water partition coefficient (Wildman–Crippen LogP) is 1.38. The van der Waals surface area contributed by atoms with Gasteiger partial charge < -0.3 is 0 Å². The van der Waals surface area contributed by atoms with Gasteiger partial charge in [-0.3, -0.25) is 0 Å². The Hall–Kier alpha value is -0.145. The molecular weight excluding hydrogens is 128 g/mol. The first kappa shape index (κ1) is 6.97. The van der Waals surface area contributed by atoms with Crippen LogP contribution in [0.15, 0.2) is 0 Å². The van der Waals surface area contributed by atoms with Crippen LogP contribution in [0.2, 0.25) is 6.32 Å². The van der Waals surface area contributed by atoms with Crippen molar-refractivity contribution in [2.75, 3.05) is 0 Å². The highest BCUT2D eigenvalue weighted by atomic mass is 19.4. The van der Waals surface area contributed by atoms with Crippen LogP contribution in [0.4, 0.5) is 13.2 Å². The lowest BCUT2D eigenvalue weighted by atomic mass is 9.88. The lowest BCUT2D eigenvalue weighted by Gasteiger charge is -2.15. The number of hydrogen-bond donors (Lipinski definition) is 0. The van der Waals surface area contributed by atoms with E-state index in [1.54, 1.807) is 7.85 Å². The van der Waals surface area contributed by atoms with Crippen LogP contribution in [-0.4, -0.2) is 14.0 Å². The highest BCUT2D eigenvalue weighted by molar-refractivity contribution is 6.09. The average Bonchev–Trinajstić information content (AvgIpc) is 2.40. The van der Waals surface area contributed by atoms with Gasteiger partial charge in [0.1, 0.15) is 7.85 Å². The third-order valence-electron chi connectivity index (χ3n) is 2.13. The summed E-state index contributed by atoms with van der Waals surface area (Å²) < 4.78 is 35.7. The van der Waals surface area contributed by atoms with E-state index >= 15 is 0 Å². The van der Waals surface area contributed by atoms with E-state index in [1.165, 1.54) is 0 Å². The maximum Gasteiger partial charge on any atom is 0.393 e. The van der Waals surface area contributed by atoms with Gasteiger partial charge in [0, 0.05) is 0 Å². The Balaban J connectivity index is 2.60. The molecule has 0 radical (unpaired) electrons. The maximum atomic E-state index is 11.9. The summed E-state index contributed by atoms with van der Waals surface area (Å²) in [6.45, 7) is 0. The zero-order valence-corrected chi connectivity index (χ0v) is 5.26. The molecule has 0 aromatic heterocycles. The van der Waals surface area contributed by atoms with Gasteiger partial charge in [-0.05, 0) is 12.8 Å². The second-order valence-corrected chi connectivity index (χ2v) is 2.63. The molecule has 0 atom stereocenters. The van der Waals surface area contributed by atoms with E-state index in [-0.39, 0.29) is 6.32 Å². The standard InChI is InChI=1S/C5H8BF3/c6-3-4(1-2-4)5(7,8)9/h1-3,6H2. The first-order chi connectivity index (χ1) is 4.02. The van der Waals surface area contributed by atoms with Crippen LogP contribution in [0.5, 0.6) is 0 Å². The summed E-state index contributed by atoms with van der Waals surface area (Å²) in [5, 5.41) is 0. The molecule has 0 N–H and O–H groups in total. The largest absolute Gasteiger partial charge is 0.393 e. The van der Waals surface area contributed by atoms with E-state index in [1.807, 2.05) is 0 Å². The van der Waals surface area contributed by atoms with Crippen molar-refractivity contribution in [1.29, 1.82) is 0 Å². The molecule has 0 spiro atoms. The van der Waals surface area contributed by atoms with Crippen molar-refractivity contribution in [3.63, 3.8) is 0 Å². The van der Waals surface area contributed by atoms with Crippen molar-refractivity contribution < 1.29 is 13.2 Å². The number of hydrogen-bond acceptors (Lipinski definition) is 0. The van der Waals surface area contributed by atoms with Crippen LogP contribution < -0.4 is 0 Å². The van der Waals surface area contributed by atoms with Crippen molar-refractivity contribution >= 4 is 7.85 Å². The Morgan fingerprint density at radius 3 is 1.78 bits per heavy atom. The fourth-order valence-electron chi connectivity index (χ4n) is 0.988. The molecule has 0 aromatic rings. The fourth-order valence-corrected chi connectivity index (χ4v) is 0.988. The van der Waals surface area contributed by atoms with Crippen LogP contribution in [0.3, 0.4) is 0 Å². The van der Waals surface area contributed by atoms with Crippen LogP contribution in [0, 0.1) is 5.41 Å². The van der Waals surface area contributed by atoms with Gasteiger partial charge >= 0.3 is 6.18 Å². The lowest BCUT2D eigenvalue weighted by molar-refractivity contribution is -0.180. The molecule has 1 saturated carbocycles. The molecule has 0 saturated heterocycles. The molecule has 0 aliphatic heterocycles. The highest BCUT2D eigenvalue weighted by Gasteiger charge is 2.61. The fraction of sp³-hybridized carbons (Fsp3) is 1.00. The van der Waals surface area contributed by atoms with E-state index in [4.69, 9.17) is 0 Å². The molecule has 0 aromatic carbocycles. The summed E-state index contributed by atoms with van der Waals surface area (Å²) in [7, 11) is 1.60. The minimum atomic E-state index is -3.94. The minimum Gasteiger partial charge on any atom is -0.171 e. The van der Waals surface area contributed by atoms with Crippen LogP contribution in [-0.2, 0) is 0 Å². The third-order valence-corrected chi connectivity index (χ3v) is 2.13. The second kappa shape index (κ2) is 1.67. The summed E-state index contributed by atoms with van der Waals surface area (Å²) in [6, 6.07) is 0. The first-order valence-electron chi connectivity index (χ1n) is 3.08. The Bertz CT molecular complexity index is 114. The molecule has 52 valence electrons. The molecular formula is C5H8BF3. The van der Waals surface area contributed by atoms with Crippen molar-refractivity contribution in [2.24, 2.45) is 5.41 Å². The van der Waals surface area contributed by atoms with Gasteiger partial charge in [-0.1, -0.05) is 6.32 Å². The van der Waals surface area contributed by atoms with Crippen LogP contribution in [0.25, 0.3) is 0 Å².